The van der Waals surface area contributed by atoms with E-state index in [4.69, 9.17) is 27.9 Å². The lowest BCUT2D eigenvalue weighted by molar-refractivity contribution is 0.164. The highest BCUT2D eigenvalue weighted by molar-refractivity contribution is 6.30. The number of aromatic nitrogens is 2. The minimum atomic E-state index is 0.183. The van der Waals surface area contributed by atoms with E-state index in [1.807, 2.05) is 19.1 Å². The summed E-state index contributed by atoms with van der Waals surface area (Å²) in [6.07, 6.45) is 5.44. The first-order valence-corrected chi connectivity index (χ1v) is 8.03. The molecule has 2 aromatic heterocycles. The fraction of sp³-hybridized carbons (Fsp3) is 0.375. The molecule has 0 N–H and O–H groups in total. The topological polar surface area (TPSA) is 38.2 Å². The van der Waals surface area contributed by atoms with E-state index in [1.54, 1.807) is 18.5 Å². The lowest BCUT2D eigenvalue weighted by atomic mass is 10.1. The number of nitrogens with zero attached hydrogens (tertiary/aromatic N) is 3. The molecular formula is C16H17Cl2N3O. The van der Waals surface area contributed by atoms with Crippen LogP contribution in [-0.4, -0.2) is 29.2 Å². The summed E-state index contributed by atoms with van der Waals surface area (Å²) in [5.74, 6) is 0.631. The smallest absolute Gasteiger partial charge is 0.213 e. The third kappa shape index (κ3) is 3.45. The van der Waals surface area contributed by atoms with Crippen LogP contribution in [0.5, 0.6) is 5.88 Å². The van der Waals surface area contributed by atoms with Crippen LogP contribution >= 0.6 is 23.2 Å². The highest BCUT2D eigenvalue weighted by Gasteiger charge is 2.22. The zero-order chi connectivity index (χ0) is 15.5. The third-order valence-corrected chi connectivity index (χ3v) is 4.49. The summed E-state index contributed by atoms with van der Waals surface area (Å²) in [5.41, 5.74) is 2.19. The molecule has 3 rings (SSSR count). The van der Waals surface area contributed by atoms with Gasteiger partial charge in [0.1, 0.15) is 11.3 Å². The van der Waals surface area contributed by atoms with E-state index in [9.17, 15) is 0 Å². The lowest BCUT2D eigenvalue weighted by Gasteiger charge is -2.34. The molecule has 6 heteroatoms. The van der Waals surface area contributed by atoms with E-state index in [0.717, 1.165) is 37.2 Å². The fourth-order valence-electron chi connectivity index (χ4n) is 2.66. The fourth-order valence-corrected chi connectivity index (χ4v) is 2.93. The number of ether oxygens (including phenoxy) is 1. The monoisotopic (exact) mass is 337 g/mol. The van der Waals surface area contributed by atoms with Crippen LogP contribution in [-0.2, 0) is 0 Å². The number of hydrogen-bond donors (Lipinski definition) is 0. The minimum absolute atomic E-state index is 0.183. The Bertz CT molecular complexity index is 640. The second-order valence-corrected chi connectivity index (χ2v) is 6.16. The van der Waals surface area contributed by atoms with Crippen molar-refractivity contribution < 1.29 is 4.74 Å². The van der Waals surface area contributed by atoms with Gasteiger partial charge in [0.05, 0.1) is 5.02 Å². The van der Waals surface area contributed by atoms with Crippen LogP contribution in [0.2, 0.25) is 10.2 Å². The maximum atomic E-state index is 6.10. The first-order valence-electron chi connectivity index (χ1n) is 7.28. The van der Waals surface area contributed by atoms with E-state index < -0.39 is 0 Å². The Balaban J connectivity index is 1.60. The highest BCUT2D eigenvalue weighted by Crippen LogP contribution is 2.28. The molecule has 0 radical (unpaired) electrons. The van der Waals surface area contributed by atoms with Gasteiger partial charge in [-0.1, -0.05) is 23.2 Å². The number of halogens is 2. The summed E-state index contributed by atoms with van der Waals surface area (Å²) >= 11 is 11.9. The van der Waals surface area contributed by atoms with Crippen molar-refractivity contribution in [3.63, 3.8) is 0 Å². The molecule has 1 aliphatic rings. The molecular weight excluding hydrogens is 321 g/mol. The van der Waals surface area contributed by atoms with Crippen molar-refractivity contribution in [1.82, 2.24) is 9.97 Å². The Labute approximate surface area is 140 Å². The van der Waals surface area contributed by atoms with Crippen molar-refractivity contribution >= 4 is 28.9 Å². The summed E-state index contributed by atoms with van der Waals surface area (Å²) in [6, 6.07) is 5.62. The second-order valence-electron chi connectivity index (χ2n) is 5.36. The molecule has 0 atom stereocenters. The predicted octanol–water partition coefficient (Wildman–Crippen LogP) is 4.14. The maximum absolute atomic E-state index is 6.10. The summed E-state index contributed by atoms with van der Waals surface area (Å²) in [7, 11) is 0. The van der Waals surface area contributed by atoms with Crippen LogP contribution in [0.4, 0.5) is 5.69 Å². The van der Waals surface area contributed by atoms with Crippen LogP contribution < -0.4 is 9.64 Å². The normalized spacial score (nSPS) is 15.9. The summed E-state index contributed by atoms with van der Waals surface area (Å²) in [6.45, 7) is 3.86. The van der Waals surface area contributed by atoms with Crippen LogP contribution in [0.3, 0.4) is 0 Å². The van der Waals surface area contributed by atoms with Gasteiger partial charge in [-0.25, -0.2) is 9.97 Å². The number of rotatable bonds is 3. The van der Waals surface area contributed by atoms with E-state index in [0.29, 0.717) is 16.1 Å². The first-order chi connectivity index (χ1) is 10.6. The van der Waals surface area contributed by atoms with Gasteiger partial charge in [0.2, 0.25) is 5.88 Å². The Morgan fingerprint density at radius 2 is 1.91 bits per heavy atom. The molecule has 22 heavy (non-hydrogen) atoms. The van der Waals surface area contributed by atoms with E-state index in [-0.39, 0.29) is 6.10 Å². The lowest BCUT2D eigenvalue weighted by Crippen LogP contribution is -2.38. The highest BCUT2D eigenvalue weighted by atomic mass is 35.5. The van der Waals surface area contributed by atoms with Gasteiger partial charge in [0, 0.05) is 55.6 Å². The number of hydrogen-bond acceptors (Lipinski definition) is 4. The van der Waals surface area contributed by atoms with Crippen molar-refractivity contribution in [2.45, 2.75) is 25.9 Å². The van der Waals surface area contributed by atoms with Crippen molar-refractivity contribution in [2.75, 3.05) is 18.0 Å². The van der Waals surface area contributed by atoms with Gasteiger partial charge in [0.15, 0.2) is 0 Å². The van der Waals surface area contributed by atoms with Crippen LogP contribution in [0.1, 0.15) is 18.4 Å². The maximum Gasteiger partial charge on any atom is 0.213 e. The number of anilines is 1. The molecule has 0 saturated carbocycles. The summed E-state index contributed by atoms with van der Waals surface area (Å²) in [4.78, 5) is 10.6. The van der Waals surface area contributed by atoms with E-state index in [2.05, 4.69) is 14.9 Å². The third-order valence-electron chi connectivity index (χ3n) is 3.88. The Kier molecular flexibility index (Phi) is 4.69. The quantitative estimate of drug-likeness (QED) is 0.789. The molecule has 0 spiro atoms. The average Bonchev–Trinajstić information content (AvgIpc) is 2.53. The van der Waals surface area contributed by atoms with Crippen molar-refractivity contribution in [1.29, 1.82) is 0 Å². The Morgan fingerprint density at radius 1 is 1.14 bits per heavy atom. The van der Waals surface area contributed by atoms with Gasteiger partial charge in [-0.15, -0.1) is 0 Å². The number of pyridine rings is 2. The van der Waals surface area contributed by atoms with E-state index in [1.165, 1.54) is 0 Å². The van der Waals surface area contributed by atoms with Gasteiger partial charge in [-0.3, -0.25) is 0 Å². The van der Waals surface area contributed by atoms with E-state index >= 15 is 0 Å². The second kappa shape index (κ2) is 6.71. The zero-order valence-electron chi connectivity index (χ0n) is 12.3. The number of piperidine rings is 1. The molecule has 0 bridgehead atoms. The Morgan fingerprint density at radius 3 is 2.59 bits per heavy atom. The van der Waals surface area contributed by atoms with Gasteiger partial charge in [-0.05, 0) is 19.1 Å². The zero-order valence-corrected chi connectivity index (χ0v) is 13.8. The molecule has 3 heterocycles. The van der Waals surface area contributed by atoms with Crippen LogP contribution in [0.15, 0.2) is 30.6 Å². The summed E-state index contributed by atoms with van der Waals surface area (Å²) < 4.78 is 5.91. The van der Waals surface area contributed by atoms with Crippen LogP contribution in [0, 0.1) is 6.92 Å². The molecule has 1 aliphatic heterocycles. The first kappa shape index (κ1) is 15.4. The summed E-state index contributed by atoms with van der Waals surface area (Å²) in [5, 5.41) is 1.19. The molecule has 0 aromatic carbocycles. The molecule has 2 aromatic rings. The molecule has 1 fully saturated rings. The molecule has 0 unspecified atom stereocenters. The molecule has 4 nitrogen and oxygen atoms in total. The van der Waals surface area contributed by atoms with Crippen molar-refractivity contribution in [2.24, 2.45) is 0 Å². The van der Waals surface area contributed by atoms with Gasteiger partial charge in [-0.2, -0.15) is 0 Å². The molecule has 0 amide bonds. The largest absolute Gasteiger partial charge is 0.474 e. The van der Waals surface area contributed by atoms with Gasteiger partial charge >= 0.3 is 0 Å². The SMILES string of the molecule is Cc1c(N2CCC(Oc3ccc(Cl)cn3)CC2)ccnc1Cl. The Hall–Kier alpha value is -1.52. The standard InChI is InChI=1S/C16H17Cl2N3O/c1-11-14(4-7-19-16(11)18)21-8-5-13(6-9-21)22-15-3-2-12(17)10-20-15/h2-4,7,10,13H,5-6,8-9H2,1H3. The van der Waals surface area contributed by atoms with Crippen molar-refractivity contribution in [3.8, 4) is 5.88 Å². The molecule has 116 valence electrons. The van der Waals surface area contributed by atoms with Crippen LogP contribution in [0.25, 0.3) is 0 Å². The molecule has 1 saturated heterocycles. The average molecular weight is 338 g/mol. The van der Waals surface area contributed by atoms with Crippen molar-refractivity contribution in [3.05, 3.63) is 46.3 Å². The minimum Gasteiger partial charge on any atom is -0.474 e. The van der Waals surface area contributed by atoms with Gasteiger partial charge in [0.25, 0.3) is 0 Å². The predicted molar refractivity (Wildman–Crippen MR) is 89.1 cm³/mol. The molecule has 0 aliphatic carbocycles. The van der Waals surface area contributed by atoms with Gasteiger partial charge < -0.3 is 9.64 Å².